The van der Waals surface area contributed by atoms with E-state index in [4.69, 9.17) is 13.9 Å². The van der Waals surface area contributed by atoms with Crippen LogP contribution in [0.3, 0.4) is 0 Å². The van der Waals surface area contributed by atoms with E-state index in [2.05, 4.69) is 67.3 Å². The van der Waals surface area contributed by atoms with Crippen LogP contribution in [0.1, 0.15) is 48.0 Å². The zero-order chi connectivity index (χ0) is 19.0. The van der Waals surface area contributed by atoms with Gasteiger partial charge < -0.3 is 13.9 Å². The van der Waals surface area contributed by atoms with Crippen LogP contribution in [-0.4, -0.2) is 40.8 Å². The van der Waals surface area contributed by atoms with Crippen LogP contribution in [-0.2, 0) is 13.9 Å². The molecule has 0 aromatic rings. The molecular weight excluding hydrogens is 316 g/mol. The summed E-state index contributed by atoms with van der Waals surface area (Å²) < 4.78 is 18.0. The van der Waals surface area contributed by atoms with Gasteiger partial charge in [0.1, 0.15) is 6.10 Å². The Balaban J connectivity index is 5.27. The lowest BCUT2D eigenvalue weighted by atomic mass is 9.97. The fraction of sp³-hybridized carbons (Fsp3) is 0.800. The van der Waals surface area contributed by atoms with E-state index in [1.165, 1.54) is 5.57 Å². The van der Waals surface area contributed by atoms with Gasteiger partial charge in [-0.15, -0.1) is 6.58 Å². The highest BCUT2D eigenvalue weighted by atomic mass is 28.4. The summed E-state index contributed by atoms with van der Waals surface area (Å²) in [6.45, 7) is 23.2. The van der Waals surface area contributed by atoms with Gasteiger partial charge in [-0.25, -0.2) is 0 Å². The molecule has 3 nitrogen and oxygen atoms in total. The number of hydrogen-bond acceptors (Lipinski definition) is 3. The van der Waals surface area contributed by atoms with E-state index < -0.39 is 8.32 Å². The summed E-state index contributed by atoms with van der Waals surface area (Å²) in [5, 5.41) is 0.160. The normalized spacial score (nSPS) is 17.5. The highest BCUT2D eigenvalue weighted by Gasteiger charge is 2.41. The molecule has 4 heteroatoms. The van der Waals surface area contributed by atoms with Crippen LogP contribution in [0, 0.1) is 5.92 Å². The lowest BCUT2D eigenvalue weighted by Crippen LogP contribution is -2.49. The van der Waals surface area contributed by atoms with Crippen LogP contribution in [0.25, 0.3) is 0 Å². The molecule has 0 rings (SSSR count). The van der Waals surface area contributed by atoms with Crippen molar-refractivity contribution in [3.05, 3.63) is 24.3 Å². The Morgan fingerprint density at radius 2 is 1.83 bits per heavy atom. The van der Waals surface area contributed by atoms with Crippen molar-refractivity contribution in [2.75, 3.05) is 20.3 Å². The fourth-order valence-corrected chi connectivity index (χ4v) is 3.71. The molecular formula is C20H40O3Si. The fourth-order valence-electron chi connectivity index (χ4n) is 2.32. The summed E-state index contributed by atoms with van der Waals surface area (Å²) in [6.07, 6.45) is 5.00. The molecule has 0 amide bonds. The molecule has 24 heavy (non-hydrogen) atoms. The maximum atomic E-state index is 6.69. The minimum Gasteiger partial charge on any atom is -0.410 e. The minimum atomic E-state index is -1.90. The van der Waals surface area contributed by atoms with Gasteiger partial charge in [0.25, 0.3) is 0 Å². The van der Waals surface area contributed by atoms with E-state index in [1.807, 2.05) is 6.08 Å². The Labute approximate surface area is 151 Å². The number of ether oxygens (including phenoxy) is 2. The van der Waals surface area contributed by atoms with Gasteiger partial charge in [0, 0.05) is 19.6 Å². The van der Waals surface area contributed by atoms with Gasteiger partial charge in [-0.05, 0) is 31.5 Å². The first-order valence-corrected chi connectivity index (χ1v) is 12.0. The van der Waals surface area contributed by atoms with E-state index in [0.29, 0.717) is 6.61 Å². The van der Waals surface area contributed by atoms with Crippen LogP contribution < -0.4 is 0 Å². The molecule has 0 heterocycles. The van der Waals surface area contributed by atoms with Gasteiger partial charge >= 0.3 is 0 Å². The number of rotatable bonds is 11. The smallest absolute Gasteiger partial charge is 0.192 e. The van der Waals surface area contributed by atoms with E-state index in [0.717, 1.165) is 13.0 Å². The second-order valence-electron chi connectivity index (χ2n) is 8.20. The molecule has 0 bridgehead atoms. The van der Waals surface area contributed by atoms with Crippen molar-refractivity contribution in [2.24, 2.45) is 5.92 Å². The summed E-state index contributed by atoms with van der Waals surface area (Å²) in [7, 11) is -0.172. The molecule has 0 aliphatic rings. The van der Waals surface area contributed by atoms with Gasteiger partial charge in [0.15, 0.2) is 8.32 Å². The van der Waals surface area contributed by atoms with Gasteiger partial charge in [-0.1, -0.05) is 52.3 Å². The molecule has 0 aromatic carbocycles. The quantitative estimate of drug-likeness (QED) is 0.274. The van der Waals surface area contributed by atoms with Crippen molar-refractivity contribution in [3.8, 4) is 0 Å². The van der Waals surface area contributed by atoms with Crippen molar-refractivity contribution in [1.29, 1.82) is 0 Å². The first kappa shape index (κ1) is 23.6. The molecule has 0 aromatic heterocycles. The molecule has 3 atom stereocenters. The topological polar surface area (TPSA) is 27.7 Å². The maximum absolute atomic E-state index is 6.69. The van der Waals surface area contributed by atoms with Gasteiger partial charge in [0.2, 0.25) is 0 Å². The minimum absolute atomic E-state index is 0.0329. The molecule has 142 valence electrons. The third kappa shape index (κ3) is 7.64. The average molecular weight is 357 g/mol. The summed E-state index contributed by atoms with van der Waals surface area (Å²) in [5.74, 6) is 0.229. The van der Waals surface area contributed by atoms with Crippen molar-refractivity contribution in [2.45, 2.75) is 78.3 Å². The monoisotopic (exact) mass is 356 g/mol. The van der Waals surface area contributed by atoms with Gasteiger partial charge in [-0.3, -0.25) is 0 Å². The van der Waals surface area contributed by atoms with E-state index >= 15 is 0 Å². The molecule has 0 unspecified atom stereocenters. The predicted octanol–water partition coefficient (Wildman–Crippen LogP) is 5.59. The summed E-state index contributed by atoms with van der Waals surface area (Å²) in [4.78, 5) is 0. The van der Waals surface area contributed by atoms with E-state index in [-0.39, 0.29) is 23.2 Å². The third-order valence-electron chi connectivity index (χ3n) is 4.81. The lowest BCUT2D eigenvalue weighted by Gasteiger charge is -2.42. The Morgan fingerprint density at radius 1 is 1.25 bits per heavy atom. The van der Waals surface area contributed by atoms with Crippen molar-refractivity contribution in [3.63, 3.8) is 0 Å². The number of methoxy groups -OCH3 is 1. The number of hydrogen-bond donors (Lipinski definition) is 0. The zero-order valence-corrected chi connectivity index (χ0v) is 18.4. The van der Waals surface area contributed by atoms with E-state index in [1.54, 1.807) is 7.11 Å². The van der Waals surface area contributed by atoms with Crippen molar-refractivity contribution >= 4 is 8.32 Å². The van der Waals surface area contributed by atoms with Crippen LogP contribution >= 0.6 is 0 Å². The Kier molecular flexibility index (Phi) is 10.4. The Morgan fingerprint density at radius 3 is 2.25 bits per heavy atom. The average Bonchev–Trinajstić information content (AvgIpc) is 2.46. The molecule has 0 aliphatic carbocycles. The first-order valence-electron chi connectivity index (χ1n) is 9.08. The van der Waals surface area contributed by atoms with Crippen molar-refractivity contribution in [1.82, 2.24) is 0 Å². The zero-order valence-electron chi connectivity index (χ0n) is 17.4. The van der Waals surface area contributed by atoms with Crippen LogP contribution in [0.15, 0.2) is 24.3 Å². The highest BCUT2D eigenvalue weighted by Crippen LogP contribution is 2.39. The largest absolute Gasteiger partial charge is 0.410 e. The molecule has 0 N–H and O–H groups in total. The lowest BCUT2D eigenvalue weighted by molar-refractivity contribution is 0.00582. The first-order chi connectivity index (χ1) is 11.0. The molecule has 0 fully saturated rings. The Hall–Kier alpha value is -0.423. The molecule has 0 aliphatic heterocycles. The standard InChI is InChI=1S/C20H40O3Si/c1-11-13-22-15-16(3)14-17(4)19(18(12-2)21-8)23-24(9,10)20(5,6)7/h12,14,17-19H,2,11,13,15H2,1,3-10H3/t17-,18+,19+/m1/s1. The summed E-state index contributed by atoms with van der Waals surface area (Å²) in [6, 6.07) is 0. The van der Waals surface area contributed by atoms with E-state index in [9.17, 15) is 0 Å². The van der Waals surface area contributed by atoms with Crippen LogP contribution in [0.4, 0.5) is 0 Å². The Bertz CT molecular complexity index is 396. The second kappa shape index (κ2) is 10.5. The molecule has 0 spiro atoms. The molecule has 0 saturated heterocycles. The van der Waals surface area contributed by atoms with Gasteiger partial charge in [-0.2, -0.15) is 0 Å². The van der Waals surface area contributed by atoms with Crippen LogP contribution in [0.2, 0.25) is 18.1 Å². The second-order valence-corrected chi connectivity index (χ2v) is 13.0. The highest BCUT2D eigenvalue weighted by molar-refractivity contribution is 6.74. The summed E-state index contributed by atoms with van der Waals surface area (Å²) in [5.41, 5.74) is 1.23. The van der Waals surface area contributed by atoms with Crippen molar-refractivity contribution < 1.29 is 13.9 Å². The predicted molar refractivity (Wildman–Crippen MR) is 107 cm³/mol. The molecule has 0 radical (unpaired) electrons. The summed E-state index contributed by atoms with van der Waals surface area (Å²) >= 11 is 0. The van der Waals surface area contributed by atoms with Gasteiger partial charge in [0.05, 0.1) is 12.7 Å². The van der Waals surface area contributed by atoms with Crippen LogP contribution in [0.5, 0.6) is 0 Å². The maximum Gasteiger partial charge on any atom is 0.192 e. The molecule has 0 saturated carbocycles. The SMILES string of the molecule is C=C[C@H](OC)[C@@H](O[Si](C)(C)C(C)(C)C)[C@H](C)C=C(C)COCCC. The third-order valence-corrected chi connectivity index (χ3v) is 9.28.